The van der Waals surface area contributed by atoms with Crippen LogP contribution in [0.25, 0.3) is 16.6 Å². The molecule has 15 heteroatoms. The number of likely N-dealkylation sites (tertiary alicyclic amines) is 1. The van der Waals surface area contributed by atoms with Gasteiger partial charge in [-0.1, -0.05) is 12.1 Å². The van der Waals surface area contributed by atoms with E-state index in [0.717, 1.165) is 74.3 Å². The summed E-state index contributed by atoms with van der Waals surface area (Å²) in [6, 6.07) is 21.7. The van der Waals surface area contributed by atoms with Crippen LogP contribution in [0.5, 0.6) is 11.5 Å². The van der Waals surface area contributed by atoms with Crippen molar-refractivity contribution in [1.29, 1.82) is 5.26 Å². The summed E-state index contributed by atoms with van der Waals surface area (Å²) in [7, 11) is 0. The smallest absolute Gasteiger partial charge is 0.265 e. The molecule has 13 nitrogen and oxygen atoms in total. The maximum absolute atomic E-state index is 16.3. The number of benzene rings is 4. The van der Waals surface area contributed by atoms with E-state index in [9.17, 15) is 28.8 Å². The Bertz CT molecular complexity index is 2770. The average Bonchev–Trinajstić information content (AvgIpc) is 3.75. The van der Waals surface area contributed by atoms with E-state index in [4.69, 9.17) is 6.15 Å². The number of piperidine rings is 2. The van der Waals surface area contributed by atoms with E-state index in [1.54, 1.807) is 17.0 Å². The molecular formula is C47H44F2N8O5. The molecule has 0 radical (unpaired) electrons. The van der Waals surface area contributed by atoms with Gasteiger partial charge in [0.1, 0.15) is 37.1 Å². The molecule has 2 N–H and O–H groups in total. The summed E-state index contributed by atoms with van der Waals surface area (Å²) in [5.41, 5.74) is 2.27. The van der Waals surface area contributed by atoms with Crippen molar-refractivity contribution in [3.63, 3.8) is 0 Å². The second-order valence-electron chi connectivity index (χ2n) is 17.1. The van der Waals surface area contributed by atoms with E-state index in [1.165, 1.54) is 28.6 Å². The summed E-state index contributed by atoms with van der Waals surface area (Å²) in [6.07, 6.45) is 4.04. The maximum atomic E-state index is 16.3. The quantitative estimate of drug-likeness (QED) is 0.184. The molecule has 0 saturated carbocycles. The van der Waals surface area contributed by atoms with Crippen LogP contribution in [-0.4, -0.2) is 88.4 Å². The van der Waals surface area contributed by atoms with Gasteiger partial charge in [-0.3, -0.25) is 34.4 Å². The Kier molecular flexibility index (Phi) is 9.76. The molecule has 5 aliphatic rings. The number of fused-ring (bicyclic) bond motifs is 2. The Morgan fingerprint density at radius 2 is 1.74 bits per heavy atom. The molecule has 4 fully saturated rings. The van der Waals surface area contributed by atoms with Gasteiger partial charge in [-0.25, -0.2) is 13.8 Å². The second kappa shape index (κ2) is 15.8. The highest BCUT2D eigenvalue weighted by Gasteiger charge is 2.47. The number of nitriles is 1. The average molecular weight is 840 g/mol. The highest BCUT2D eigenvalue weighted by atomic mass is 19.1. The first-order chi connectivity index (χ1) is 30.4. The second-order valence-corrected chi connectivity index (χ2v) is 17.1. The van der Waals surface area contributed by atoms with E-state index < -0.39 is 29.5 Å². The summed E-state index contributed by atoms with van der Waals surface area (Å²) in [4.78, 5) is 62.0. The number of halogens is 2. The molecule has 4 aromatic carbocycles. The monoisotopic (exact) mass is 839 g/mol. The minimum Gasteiger partial charge on any atom is -0.457 e. The van der Waals surface area contributed by atoms with Crippen LogP contribution >= 0.6 is 0 Å². The van der Waals surface area contributed by atoms with Gasteiger partial charge in [0.2, 0.25) is 11.8 Å². The number of hydrogen-bond donors (Lipinski definition) is 2. The van der Waals surface area contributed by atoms with Crippen molar-refractivity contribution in [2.45, 2.75) is 62.3 Å². The predicted molar refractivity (Wildman–Crippen MR) is 225 cm³/mol. The Morgan fingerprint density at radius 1 is 0.952 bits per heavy atom. The number of nitrogens with one attached hydrogen (secondary N) is 2. The van der Waals surface area contributed by atoms with Crippen LogP contribution in [0.2, 0.25) is 1.41 Å². The number of alkyl halides is 1. The highest BCUT2D eigenvalue weighted by Crippen LogP contribution is 2.43. The summed E-state index contributed by atoms with van der Waals surface area (Å²) in [5, 5.41) is 13.1. The molecule has 5 aliphatic heterocycles. The van der Waals surface area contributed by atoms with Crippen LogP contribution < -0.4 is 25.8 Å². The van der Waals surface area contributed by atoms with Gasteiger partial charge in [0.25, 0.3) is 11.5 Å². The molecular weight excluding hydrogens is 795 g/mol. The van der Waals surface area contributed by atoms with Crippen molar-refractivity contribution in [2.75, 3.05) is 44.2 Å². The molecule has 0 spiro atoms. The number of amides is 3. The number of carbonyl (C=O) groups is 3. The Morgan fingerprint density at radius 3 is 2.52 bits per heavy atom. The van der Waals surface area contributed by atoms with Crippen LogP contribution in [0.15, 0.2) is 90.0 Å². The lowest BCUT2D eigenvalue weighted by atomic mass is 9.87. The van der Waals surface area contributed by atoms with Gasteiger partial charge in [-0.2, -0.15) is 5.26 Å². The third-order valence-electron chi connectivity index (χ3n) is 13.3. The number of anilines is 1. The van der Waals surface area contributed by atoms with Crippen molar-refractivity contribution in [1.82, 2.24) is 30.0 Å². The van der Waals surface area contributed by atoms with Crippen molar-refractivity contribution in [3.05, 3.63) is 124 Å². The SMILES string of the molecule is [2H]N1CCC(F)(c2ccc(F)cc2Oc2ccc3ncn(-c4ccc(N5CCC(CN6CC(c7ccc8c(c7)CN([C@@H]7CCC(=O)NC7=O)C8=O)C6)CC5)cc4)c(=O)c3c2)C1C#N. The first kappa shape index (κ1) is 38.4. The maximum Gasteiger partial charge on any atom is 0.265 e. The van der Waals surface area contributed by atoms with Gasteiger partial charge in [-0.05, 0) is 104 Å². The lowest BCUT2D eigenvalue weighted by Crippen LogP contribution is -2.52. The number of nitrogens with zero attached hydrogens (tertiary/aromatic N) is 6. The summed E-state index contributed by atoms with van der Waals surface area (Å²) < 4.78 is 46.2. The lowest BCUT2D eigenvalue weighted by molar-refractivity contribution is -0.136. The summed E-state index contributed by atoms with van der Waals surface area (Å²) >= 11 is 0. The lowest BCUT2D eigenvalue weighted by Gasteiger charge is -2.43. The predicted octanol–water partition coefficient (Wildman–Crippen LogP) is 5.44. The zero-order valence-corrected chi connectivity index (χ0v) is 33.8. The van der Waals surface area contributed by atoms with Crippen molar-refractivity contribution in [3.8, 4) is 23.3 Å². The number of aromatic nitrogens is 2. The Balaban J connectivity index is 0.745. The van der Waals surface area contributed by atoms with Crippen molar-refractivity contribution >= 4 is 34.3 Å². The van der Waals surface area contributed by atoms with E-state index >= 15 is 4.39 Å². The number of hydrogen-bond acceptors (Lipinski definition) is 10. The van der Waals surface area contributed by atoms with Crippen molar-refractivity contribution < 1.29 is 29.3 Å². The van der Waals surface area contributed by atoms with E-state index in [2.05, 4.69) is 26.2 Å². The van der Waals surface area contributed by atoms with Gasteiger partial charge < -0.3 is 19.4 Å². The third kappa shape index (κ3) is 7.16. The minimum atomic E-state index is -2.25. The molecule has 3 amide bonds. The molecule has 0 aliphatic carbocycles. The molecule has 1 aromatic heterocycles. The normalized spacial score (nSPS) is 23.9. The number of rotatable bonds is 9. The molecule has 0 bridgehead atoms. The molecule has 10 rings (SSSR count). The fourth-order valence-corrected chi connectivity index (χ4v) is 9.80. The summed E-state index contributed by atoms with van der Waals surface area (Å²) in [6.45, 7) is 5.20. The molecule has 62 heavy (non-hydrogen) atoms. The van der Waals surface area contributed by atoms with Gasteiger partial charge in [0.05, 0.1) is 22.7 Å². The van der Waals surface area contributed by atoms with Crippen LogP contribution in [0.1, 0.15) is 65.1 Å². The van der Waals surface area contributed by atoms with Crippen LogP contribution in [0, 0.1) is 23.1 Å². The topological polar surface area (TPSA) is 153 Å². The van der Waals surface area contributed by atoms with Gasteiger partial charge in [0.15, 0.2) is 5.67 Å². The number of ether oxygens (including phenoxy) is 1. The molecule has 3 atom stereocenters. The van der Waals surface area contributed by atoms with Crippen LogP contribution in [0.3, 0.4) is 0 Å². The highest BCUT2D eigenvalue weighted by molar-refractivity contribution is 6.05. The third-order valence-corrected chi connectivity index (χ3v) is 13.3. The van der Waals surface area contributed by atoms with Gasteiger partial charge in [-0.15, -0.1) is 0 Å². The zero-order valence-electron chi connectivity index (χ0n) is 34.8. The van der Waals surface area contributed by atoms with E-state index in [1.807, 2.05) is 42.5 Å². The molecule has 4 saturated heterocycles. The molecule has 5 aromatic rings. The zero-order chi connectivity index (χ0) is 43.6. The standard InChI is InChI=1S/C47H44F2N8O5/c48-32-2-9-38(47(49)15-16-51-42(47)22-50)41(20-32)62-35-7-10-39-37(21-35)46(61)57(27-52-39)34-5-3-33(4-6-34)55-17-13-28(14-18-55)23-54-24-31(25-54)29-1-8-36-30(19-29)26-56(45(36)60)40-11-12-43(58)53-44(40)59/h1-10,19-21,27-28,31,40,42,51H,11-18,23-26H2,(H,53,58,59)/t40-,42?,47?/m1/s1/i/hD. The van der Waals surface area contributed by atoms with Crippen LogP contribution in [0.4, 0.5) is 14.5 Å². The Hall–Kier alpha value is -6.50. The van der Waals surface area contributed by atoms with E-state index in [-0.39, 0.29) is 59.2 Å². The number of carbonyl (C=O) groups excluding carboxylic acids is 3. The first-order valence-corrected chi connectivity index (χ1v) is 21.1. The van der Waals surface area contributed by atoms with Gasteiger partial charge >= 0.3 is 0 Å². The fourth-order valence-electron chi connectivity index (χ4n) is 9.80. The Labute approximate surface area is 357 Å². The summed E-state index contributed by atoms with van der Waals surface area (Å²) in [5.74, 6) is -0.509. The van der Waals surface area contributed by atoms with Crippen molar-refractivity contribution in [2.24, 2.45) is 5.92 Å². The largest absolute Gasteiger partial charge is 0.457 e. The minimum absolute atomic E-state index is 0.0245. The first-order valence-electron chi connectivity index (χ1n) is 21.6. The van der Waals surface area contributed by atoms with Gasteiger partial charge in [0, 0.05) is 80.9 Å². The molecule has 316 valence electrons. The molecule has 2 unspecified atom stereocenters. The van der Waals surface area contributed by atoms with Crippen LogP contribution in [-0.2, 0) is 21.8 Å². The van der Waals surface area contributed by atoms with E-state index in [0.29, 0.717) is 41.6 Å². The fraction of sp³-hybridized carbons (Fsp3) is 0.362. The molecule has 6 heterocycles. The number of imide groups is 1.